The Kier molecular flexibility index (Phi) is 1.33. The van der Waals surface area contributed by atoms with Crippen molar-refractivity contribution in [3.05, 3.63) is 6.42 Å². The second kappa shape index (κ2) is 1.70. The molecule has 0 aliphatic carbocycles. The van der Waals surface area contributed by atoms with E-state index in [0.717, 1.165) is 0 Å². The van der Waals surface area contributed by atoms with Gasteiger partial charge in [0.05, 0.1) is 0 Å². The minimum absolute atomic E-state index is 0.602. The van der Waals surface area contributed by atoms with Gasteiger partial charge in [0.1, 0.15) is 0 Å². The first-order chi connectivity index (χ1) is 3.27. The maximum absolute atomic E-state index is 2.31. The van der Waals surface area contributed by atoms with Gasteiger partial charge in [-0.25, -0.2) is 0 Å². The molecule has 0 aromatic carbocycles. The van der Waals surface area contributed by atoms with Crippen LogP contribution in [0, 0.1) is 11.8 Å². The van der Waals surface area contributed by atoms with Gasteiger partial charge in [-0.15, -0.1) is 0 Å². The lowest BCUT2D eigenvalue weighted by Crippen LogP contribution is -2.31. The van der Waals surface area contributed by atoms with Crippen LogP contribution in [-0.4, -0.2) is 11.5 Å². The zero-order chi connectivity index (χ0) is 5.33. The van der Waals surface area contributed by atoms with Crippen molar-refractivity contribution in [1.82, 2.24) is 0 Å². The molecule has 1 saturated heterocycles. The largest absolute Gasteiger partial charge is 0.161 e. The van der Waals surface area contributed by atoms with Crippen LogP contribution in [0.4, 0.5) is 0 Å². The average molecular weight is 115 g/mol. The predicted molar refractivity (Wildman–Crippen MR) is 35.4 cm³/mol. The maximum atomic E-state index is 2.31. The Morgan fingerprint density at radius 1 is 1.57 bits per heavy atom. The lowest BCUT2D eigenvalue weighted by molar-refractivity contribution is 0.488. The van der Waals surface area contributed by atoms with Crippen LogP contribution in [0.25, 0.3) is 0 Å². The summed E-state index contributed by atoms with van der Waals surface area (Å²) in [4.78, 5) is 0. The van der Waals surface area contributed by atoms with Gasteiger partial charge in [-0.2, -0.15) is 11.8 Å². The summed E-state index contributed by atoms with van der Waals surface area (Å²) in [6, 6.07) is 0. The van der Waals surface area contributed by atoms with E-state index in [1.807, 2.05) is 11.8 Å². The maximum Gasteiger partial charge on any atom is -0.000268 e. The van der Waals surface area contributed by atoms with Gasteiger partial charge < -0.3 is 0 Å². The van der Waals surface area contributed by atoms with Crippen LogP contribution >= 0.6 is 11.8 Å². The van der Waals surface area contributed by atoms with Gasteiger partial charge in [0.15, 0.2) is 0 Å². The Balaban J connectivity index is 2.29. The molecule has 0 atom stereocenters. The van der Waals surface area contributed by atoms with Crippen LogP contribution in [0.1, 0.15) is 13.8 Å². The second-order valence-corrected chi connectivity index (χ2v) is 3.42. The lowest BCUT2D eigenvalue weighted by Gasteiger charge is -2.36. The van der Waals surface area contributed by atoms with Crippen LogP contribution < -0.4 is 0 Å². The topological polar surface area (TPSA) is 0 Å². The summed E-state index contributed by atoms with van der Waals surface area (Å²) in [5.74, 6) is 2.67. The van der Waals surface area contributed by atoms with Gasteiger partial charge in [-0.3, -0.25) is 0 Å². The summed E-state index contributed by atoms with van der Waals surface area (Å²) >= 11 is 2.04. The highest BCUT2D eigenvalue weighted by molar-refractivity contribution is 8.00. The third-order valence-corrected chi connectivity index (χ3v) is 3.29. The van der Waals surface area contributed by atoms with Gasteiger partial charge in [0.2, 0.25) is 0 Å². The van der Waals surface area contributed by atoms with Crippen LogP contribution in [0.3, 0.4) is 0 Å². The van der Waals surface area contributed by atoms with Crippen molar-refractivity contribution >= 4 is 11.8 Å². The van der Waals surface area contributed by atoms with E-state index in [0.29, 0.717) is 5.41 Å². The Labute approximate surface area is 49.7 Å². The monoisotopic (exact) mass is 115 g/mol. The standard InChI is InChI=1S/C6H11S/c1-3-6(2)4-7-5-6/h3H,4-5H2,1-2H3. The fourth-order valence-corrected chi connectivity index (χ4v) is 1.77. The molecule has 7 heavy (non-hydrogen) atoms. The molecule has 0 nitrogen and oxygen atoms in total. The zero-order valence-electron chi connectivity index (χ0n) is 4.90. The van der Waals surface area contributed by atoms with Crippen molar-refractivity contribution in [3.63, 3.8) is 0 Å². The van der Waals surface area contributed by atoms with E-state index in [1.54, 1.807) is 0 Å². The lowest BCUT2D eigenvalue weighted by atomic mass is 9.92. The normalized spacial score (nSPS) is 26.6. The molecule has 1 aliphatic rings. The summed E-state index contributed by atoms with van der Waals surface area (Å²) in [7, 11) is 0. The molecule has 0 unspecified atom stereocenters. The minimum atomic E-state index is 0.602. The fraction of sp³-hybridized carbons (Fsp3) is 0.833. The summed E-state index contributed by atoms with van der Waals surface area (Å²) in [5.41, 5.74) is 0.602. The van der Waals surface area contributed by atoms with Gasteiger partial charge in [-0.1, -0.05) is 13.8 Å². The van der Waals surface area contributed by atoms with Gasteiger partial charge in [0, 0.05) is 0 Å². The van der Waals surface area contributed by atoms with Crippen molar-refractivity contribution in [2.75, 3.05) is 11.5 Å². The van der Waals surface area contributed by atoms with E-state index >= 15 is 0 Å². The number of hydrogen-bond acceptors (Lipinski definition) is 1. The van der Waals surface area contributed by atoms with Crippen molar-refractivity contribution in [1.29, 1.82) is 0 Å². The van der Waals surface area contributed by atoms with E-state index < -0.39 is 0 Å². The molecule has 1 rings (SSSR count). The molecule has 0 N–H and O–H groups in total. The molecule has 41 valence electrons. The van der Waals surface area contributed by atoms with Crippen LogP contribution in [0.2, 0.25) is 0 Å². The Hall–Kier alpha value is 0.350. The number of hydrogen-bond donors (Lipinski definition) is 0. The van der Waals surface area contributed by atoms with Gasteiger partial charge >= 0.3 is 0 Å². The summed E-state index contributed by atoms with van der Waals surface area (Å²) in [5, 5.41) is 0. The van der Waals surface area contributed by atoms with Crippen molar-refractivity contribution in [2.45, 2.75) is 13.8 Å². The predicted octanol–water partition coefficient (Wildman–Crippen LogP) is 1.96. The molecule has 0 aromatic rings. The van der Waals surface area contributed by atoms with Gasteiger partial charge in [0.25, 0.3) is 0 Å². The van der Waals surface area contributed by atoms with E-state index in [9.17, 15) is 0 Å². The van der Waals surface area contributed by atoms with E-state index in [-0.39, 0.29) is 0 Å². The van der Waals surface area contributed by atoms with Crippen LogP contribution in [0.15, 0.2) is 0 Å². The number of thioether (sulfide) groups is 1. The quantitative estimate of drug-likeness (QED) is 0.503. The zero-order valence-corrected chi connectivity index (χ0v) is 5.72. The molecule has 0 bridgehead atoms. The van der Waals surface area contributed by atoms with E-state index in [4.69, 9.17) is 0 Å². The smallest absolute Gasteiger partial charge is 0.000268 e. The van der Waals surface area contributed by atoms with E-state index in [1.165, 1.54) is 11.5 Å². The summed E-state index contributed by atoms with van der Waals surface area (Å²) in [6.07, 6.45) is 2.31. The molecule has 0 aromatic heterocycles. The van der Waals surface area contributed by atoms with Crippen LogP contribution in [-0.2, 0) is 0 Å². The average Bonchev–Trinajstić information content (AvgIpc) is 1.61. The van der Waals surface area contributed by atoms with E-state index in [2.05, 4.69) is 20.3 Å². The third-order valence-electron chi connectivity index (χ3n) is 1.56. The molecule has 1 heterocycles. The Bertz CT molecular complexity index is 59.1. The molecule has 1 aliphatic heterocycles. The first-order valence-electron chi connectivity index (χ1n) is 2.65. The number of rotatable bonds is 1. The first-order valence-corrected chi connectivity index (χ1v) is 3.81. The minimum Gasteiger partial charge on any atom is -0.161 e. The molecular weight excluding hydrogens is 104 g/mol. The Morgan fingerprint density at radius 3 is 2.14 bits per heavy atom. The molecule has 1 fully saturated rings. The highest BCUT2D eigenvalue weighted by Crippen LogP contribution is 2.39. The molecule has 1 heteroatoms. The molecule has 0 amide bonds. The fourth-order valence-electron chi connectivity index (χ4n) is 0.591. The molecule has 0 spiro atoms. The summed E-state index contributed by atoms with van der Waals surface area (Å²) < 4.78 is 0. The highest BCUT2D eigenvalue weighted by atomic mass is 32.2. The highest BCUT2D eigenvalue weighted by Gasteiger charge is 2.30. The molecule has 1 radical (unpaired) electrons. The third kappa shape index (κ3) is 0.933. The first kappa shape index (κ1) is 5.49. The van der Waals surface area contributed by atoms with Crippen molar-refractivity contribution in [2.24, 2.45) is 5.41 Å². The van der Waals surface area contributed by atoms with Gasteiger partial charge in [-0.05, 0) is 23.3 Å². The summed E-state index contributed by atoms with van der Waals surface area (Å²) in [6.45, 7) is 4.46. The molecular formula is C6H11S. The van der Waals surface area contributed by atoms with Crippen molar-refractivity contribution in [3.8, 4) is 0 Å². The Morgan fingerprint density at radius 2 is 2.14 bits per heavy atom. The second-order valence-electron chi connectivity index (χ2n) is 2.44. The SMILES string of the molecule is C[CH]C1(C)CSC1. The van der Waals surface area contributed by atoms with Crippen LogP contribution in [0.5, 0.6) is 0 Å². The molecule has 0 saturated carbocycles. The van der Waals surface area contributed by atoms with Crippen molar-refractivity contribution < 1.29 is 0 Å².